The summed E-state index contributed by atoms with van der Waals surface area (Å²) >= 11 is 0. The molecule has 1 aliphatic rings. The normalized spacial score (nSPS) is 23.4. The summed E-state index contributed by atoms with van der Waals surface area (Å²) in [6.07, 6.45) is 0.795. The van der Waals surface area contributed by atoms with Gasteiger partial charge in [-0.2, -0.15) is 0 Å². The van der Waals surface area contributed by atoms with Crippen molar-refractivity contribution in [3.05, 3.63) is 0 Å². The Bertz CT molecular complexity index is 192. The summed E-state index contributed by atoms with van der Waals surface area (Å²) in [4.78, 5) is 12.6. The Hall–Kier alpha value is -0.440. The van der Waals surface area contributed by atoms with E-state index in [4.69, 9.17) is 0 Å². The Kier molecular flexibility index (Phi) is 3.65. The van der Waals surface area contributed by atoms with Crippen molar-refractivity contribution in [3.63, 3.8) is 0 Å². The zero-order chi connectivity index (χ0) is 10.8. The van der Waals surface area contributed by atoms with Gasteiger partial charge < -0.3 is 4.79 Å². The van der Waals surface area contributed by atoms with Crippen molar-refractivity contribution in [2.75, 3.05) is 13.1 Å². The first-order valence-corrected chi connectivity index (χ1v) is 5.29. The summed E-state index contributed by atoms with van der Waals surface area (Å²) in [5.74, 6) is -0.0499. The van der Waals surface area contributed by atoms with Crippen molar-refractivity contribution < 1.29 is 9.18 Å². The van der Waals surface area contributed by atoms with E-state index in [1.54, 1.807) is 0 Å². The summed E-state index contributed by atoms with van der Waals surface area (Å²) in [5, 5.41) is 0. The van der Waals surface area contributed by atoms with E-state index in [0.29, 0.717) is 6.29 Å². The smallest absolute Gasteiger partial charge is 0.158 e. The average Bonchev–Trinajstić information content (AvgIpc) is 2.15. The van der Waals surface area contributed by atoms with Crippen molar-refractivity contribution in [1.29, 1.82) is 0 Å². The van der Waals surface area contributed by atoms with Gasteiger partial charge in [0.15, 0.2) is 12.5 Å². The van der Waals surface area contributed by atoms with Gasteiger partial charge in [-0.1, -0.05) is 0 Å². The summed E-state index contributed by atoms with van der Waals surface area (Å²) in [6, 6.07) is 0. The van der Waals surface area contributed by atoms with Gasteiger partial charge in [-0.05, 0) is 52.6 Å². The maximum Gasteiger partial charge on any atom is 0.158 e. The second-order valence-electron chi connectivity index (χ2n) is 5.08. The number of nitrogens with zero attached hydrogens (tertiary/aromatic N) is 1. The maximum absolute atomic E-state index is 13.1. The number of piperidine rings is 1. The molecule has 1 fully saturated rings. The van der Waals surface area contributed by atoms with E-state index in [1.807, 2.05) is 0 Å². The van der Waals surface area contributed by atoms with Gasteiger partial charge in [0, 0.05) is 5.54 Å². The van der Waals surface area contributed by atoms with E-state index < -0.39 is 6.17 Å². The number of hydrogen-bond donors (Lipinski definition) is 0. The molecule has 1 aliphatic heterocycles. The number of halogens is 1. The molecule has 0 radical (unpaired) electrons. The van der Waals surface area contributed by atoms with Crippen LogP contribution in [0.15, 0.2) is 0 Å². The first-order chi connectivity index (χ1) is 6.45. The second-order valence-corrected chi connectivity index (χ2v) is 5.08. The van der Waals surface area contributed by atoms with Gasteiger partial charge in [-0.3, -0.25) is 4.90 Å². The van der Waals surface area contributed by atoms with Crippen LogP contribution < -0.4 is 0 Å². The third-order valence-electron chi connectivity index (χ3n) is 3.07. The minimum Gasteiger partial charge on any atom is -0.300 e. The van der Waals surface area contributed by atoms with Crippen molar-refractivity contribution in [1.82, 2.24) is 4.90 Å². The fraction of sp³-hybridized carbons (Fsp3) is 0.909. The molecule has 0 saturated carbocycles. The molecule has 1 saturated heterocycles. The molecule has 0 aromatic carbocycles. The average molecular weight is 201 g/mol. The molecule has 0 aliphatic carbocycles. The van der Waals surface area contributed by atoms with Crippen LogP contribution in [0.1, 0.15) is 33.6 Å². The zero-order valence-corrected chi connectivity index (χ0v) is 9.29. The van der Waals surface area contributed by atoms with Crippen LogP contribution in [0, 0.1) is 5.92 Å². The molecule has 0 spiro atoms. The number of rotatable bonds is 2. The summed E-state index contributed by atoms with van der Waals surface area (Å²) in [6.45, 7) is 8.31. The fourth-order valence-corrected chi connectivity index (χ4v) is 2.00. The van der Waals surface area contributed by atoms with Crippen LogP contribution >= 0.6 is 0 Å². The van der Waals surface area contributed by atoms with Gasteiger partial charge in [0.1, 0.15) is 0 Å². The first kappa shape index (κ1) is 11.6. The number of hydrogen-bond acceptors (Lipinski definition) is 2. The highest BCUT2D eigenvalue weighted by Crippen LogP contribution is 2.26. The lowest BCUT2D eigenvalue weighted by Crippen LogP contribution is -2.47. The van der Waals surface area contributed by atoms with Crippen molar-refractivity contribution in [2.45, 2.75) is 45.3 Å². The minimum absolute atomic E-state index is 0.0499. The molecule has 0 bridgehead atoms. The molecule has 2 nitrogen and oxygen atoms in total. The third kappa shape index (κ3) is 2.77. The van der Waals surface area contributed by atoms with E-state index in [0.717, 1.165) is 25.9 Å². The topological polar surface area (TPSA) is 20.3 Å². The first-order valence-electron chi connectivity index (χ1n) is 5.29. The summed E-state index contributed by atoms with van der Waals surface area (Å²) in [5.41, 5.74) is 0.165. The number of carbonyl (C=O) groups is 1. The molecule has 0 amide bonds. The van der Waals surface area contributed by atoms with Crippen LogP contribution in [0.3, 0.4) is 0 Å². The van der Waals surface area contributed by atoms with Crippen LogP contribution in [0.4, 0.5) is 4.39 Å². The monoisotopic (exact) mass is 201 g/mol. The van der Waals surface area contributed by atoms with Gasteiger partial charge in [-0.15, -0.1) is 0 Å². The molecule has 14 heavy (non-hydrogen) atoms. The highest BCUT2D eigenvalue weighted by atomic mass is 19.1. The predicted octanol–water partition coefficient (Wildman–Crippen LogP) is 2.03. The van der Waals surface area contributed by atoms with Crippen LogP contribution in [0.25, 0.3) is 0 Å². The SMILES string of the molecule is CC(C)(C)N1CCC(C(F)C=O)CC1. The fourth-order valence-electron chi connectivity index (χ4n) is 2.00. The standard InChI is InChI=1S/C11H20FNO/c1-11(2,3)13-6-4-9(5-7-13)10(12)8-14/h8-10H,4-7H2,1-3H3. The number of aldehydes is 1. The van der Waals surface area contributed by atoms with Gasteiger partial charge in [-0.25, -0.2) is 4.39 Å². The van der Waals surface area contributed by atoms with Gasteiger partial charge in [0.2, 0.25) is 0 Å². The van der Waals surface area contributed by atoms with Gasteiger partial charge in [0.05, 0.1) is 0 Å². The van der Waals surface area contributed by atoms with Crippen LogP contribution in [0.2, 0.25) is 0 Å². The molecule has 82 valence electrons. The molecule has 0 N–H and O–H groups in total. The van der Waals surface area contributed by atoms with Gasteiger partial charge in [0.25, 0.3) is 0 Å². The van der Waals surface area contributed by atoms with E-state index in [-0.39, 0.29) is 11.5 Å². The number of alkyl halides is 1. The highest BCUT2D eigenvalue weighted by Gasteiger charge is 2.30. The molecule has 1 unspecified atom stereocenters. The Morgan fingerprint density at radius 1 is 1.36 bits per heavy atom. The van der Waals surface area contributed by atoms with Crippen LogP contribution in [-0.4, -0.2) is 36.0 Å². The molecule has 0 aromatic heterocycles. The van der Waals surface area contributed by atoms with E-state index >= 15 is 0 Å². The maximum atomic E-state index is 13.1. The Morgan fingerprint density at radius 3 is 2.21 bits per heavy atom. The van der Waals surface area contributed by atoms with Crippen LogP contribution in [-0.2, 0) is 4.79 Å². The minimum atomic E-state index is -1.25. The van der Waals surface area contributed by atoms with Crippen molar-refractivity contribution >= 4 is 6.29 Å². The molecule has 1 heterocycles. The summed E-state index contributed by atoms with van der Waals surface area (Å²) in [7, 11) is 0. The quantitative estimate of drug-likeness (QED) is 0.637. The highest BCUT2D eigenvalue weighted by molar-refractivity contribution is 5.56. The Balaban J connectivity index is 2.42. The van der Waals surface area contributed by atoms with Gasteiger partial charge >= 0.3 is 0 Å². The number of carbonyl (C=O) groups excluding carboxylic acids is 1. The van der Waals surface area contributed by atoms with E-state index in [1.165, 1.54) is 0 Å². The molecule has 1 atom stereocenters. The molecule has 0 aromatic rings. The molecular weight excluding hydrogens is 181 g/mol. The van der Waals surface area contributed by atoms with E-state index in [9.17, 15) is 9.18 Å². The third-order valence-corrected chi connectivity index (χ3v) is 3.07. The largest absolute Gasteiger partial charge is 0.300 e. The lowest BCUT2D eigenvalue weighted by Gasteiger charge is -2.41. The predicted molar refractivity (Wildman–Crippen MR) is 55.0 cm³/mol. The number of likely N-dealkylation sites (tertiary alicyclic amines) is 1. The van der Waals surface area contributed by atoms with Crippen LogP contribution in [0.5, 0.6) is 0 Å². The second kappa shape index (κ2) is 4.39. The summed E-state index contributed by atoms with van der Waals surface area (Å²) < 4.78 is 13.1. The molecular formula is C11H20FNO. The Labute approximate surface area is 85.5 Å². The van der Waals surface area contributed by atoms with Crippen molar-refractivity contribution in [3.8, 4) is 0 Å². The zero-order valence-electron chi connectivity index (χ0n) is 9.29. The lowest BCUT2D eigenvalue weighted by molar-refractivity contribution is -0.114. The van der Waals surface area contributed by atoms with Crippen molar-refractivity contribution in [2.24, 2.45) is 5.92 Å². The molecule has 3 heteroatoms. The van der Waals surface area contributed by atoms with E-state index in [2.05, 4.69) is 25.7 Å². The molecule has 1 rings (SSSR count). The lowest BCUT2D eigenvalue weighted by atomic mass is 9.90. The Morgan fingerprint density at radius 2 is 1.86 bits per heavy atom.